The van der Waals surface area contributed by atoms with Gasteiger partial charge >= 0.3 is 0 Å². The number of pyridine rings is 1. The van der Waals surface area contributed by atoms with Gasteiger partial charge < -0.3 is 15.1 Å². The molecule has 3 rings (SSSR count). The van der Waals surface area contributed by atoms with Crippen molar-refractivity contribution in [3.63, 3.8) is 0 Å². The Morgan fingerprint density at radius 1 is 1.19 bits per heavy atom. The van der Waals surface area contributed by atoms with Crippen molar-refractivity contribution in [1.29, 1.82) is 0 Å². The van der Waals surface area contributed by atoms with E-state index in [2.05, 4.69) is 20.6 Å². The Hall–Kier alpha value is -3.42. The van der Waals surface area contributed by atoms with Crippen molar-refractivity contribution >= 4 is 11.8 Å². The molecular weight excluding hydrogens is 334 g/mol. The number of carbonyl (C=O) groups excluding carboxylic acids is 2. The van der Waals surface area contributed by atoms with Crippen LogP contribution in [0.25, 0.3) is 5.82 Å². The van der Waals surface area contributed by atoms with E-state index in [1.54, 1.807) is 24.5 Å². The van der Waals surface area contributed by atoms with Crippen LogP contribution in [0, 0.1) is 6.92 Å². The predicted octanol–water partition coefficient (Wildman–Crippen LogP) is 1.61. The summed E-state index contributed by atoms with van der Waals surface area (Å²) >= 11 is 0. The fourth-order valence-corrected chi connectivity index (χ4v) is 2.36. The van der Waals surface area contributed by atoms with E-state index in [-0.39, 0.29) is 30.5 Å². The maximum Gasteiger partial charge on any atom is 0.286 e. The molecule has 0 unspecified atom stereocenters. The summed E-state index contributed by atoms with van der Waals surface area (Å²) in [5.41, 5.74) is 0.888. The number of hydrogen-bond acceptors (Lipinski definition) is 5. The Kier molecular flexibility index (Phi) is 5.43. The number of nitrogens with one attached hydrogen (secondary N) is 2. The molecule has 134 valence electrons. The van der Waals surface area contributed by atoms with Gasteiger partial charge in [-0.3, -0.25) is 14.2 Å². The van der Waals surface area contributed by atoms with Crippen LogP contribution in [-0.2, 0) is 11.3 Å². The number of carbonyl (C=O) groups is 2. The molecule has 3 aromatic heterocycles. The number of aromatic nitrogens is 3. The van der Waals surface area contributed by atoms with Crippen molar-refractivity contribution in [2.75, 3.05) is 6.54 Å². The molecule has 0 aliphatic heterocycles. The van der Waals surface area contributed by atoms with E-state index in [1.807, 2.05) is 29.8 Å². The first-order chi connectivity index (χ1) is 12.6. The zero-order chi connectivity index (χ0) is 18.4. The first kappa shape index (κ1) is 17.4. The molecule has 0 aromatic carbocycles. The molecule has 2 N–H and O–H groups in total. The minimum absolute atomic E-state index is 0.153. The molecule has 0 saturated heterocycles. The van der Waals surface area contributed by atoms with Crippen molar-refractivity contribution in [3.8, 4) is 5.82 Å². The van der Waals surface area contributed by atoms with Crippen molar-refractivity contribution in [3.05, 3.63) is 66.3 Å². The van der Waals surface area contributed by atoms with Crippen LogP contribution in [0.15, 0.2) is 53.5 Å². The normalized spacial score (nSPS) is 10.5. The molecule has 0 spiro atoms. The number of rotatable bonds is 7. The van der Waals surface area contributed by atoms with Crippen LogP contribution in [0.5, 0.6) is 0 Å². The lowest BCUT2D eigenvalue weighted by Gasteiger charge is -2.08. The lowest BCUT2D eigenvalue weighted by Crippen LogP contribution is -2.30. The number of imidazole rings is 1. The zero-order valence-corrected chi connectivity index (χ0v) is 14.3. The highest BCUT2D eigenvalue weighted by molar-refractivity contribution is 5.91. The molecule has 3 aromatic rings. The number of amides is 2. The lowest BCUT2D eigenvalue weighted by atomic mass is 10.2. The Bertz CT molecular complexity index is 869. The fourth-order valence-electron chi connectivity index (χ4n) is 2.36. The van der Waals surface area contributed by atoms with E-state index in [1.165, 1.54) is 6.26 Å². The second-order valence-electron chi connectivity index (χ2n) is 5.63. The van der Waals surface area contributed by atoms with Gasteiger partial charge in [0.25, 0.3) is 5.91 Å². The summed E-state index contributed by atoms with van der Waals surface area (Å²) in [5, 5.41) is 5.43. The molecule has 0 aliphatic carbocycles. The maximum atomic E-state index is 11.9. The quantitative estimate of drug-likeness (QED) is 0.672. The zero-order valence-electron chi connectivity index (χ0n) is 14.3. The maximum absolute atomic E-state index is 11.9. The summed E-state index contributed by atoms with van der Waals surface area (Å²) in [5.74, 6) is 1.37. The molecule has 3 heterocycles. The number of hydrogen-bond donors (Lipinski definition) is 2. The molecule has 0 fully saturated rings. The third-order valence-corrected chi connectivity index (χ3v) is 3.75. The Labute approximate surface area is 150 Å². The van der Waals surface area contributed by atoms with Gasteiger partial charge in [-0.15, -0.1) is 0 Å². The van der Waals surface area contributed by atoms with Gasteiger partial charge in [-0.05, 0) is 30.7 Å². The van der Waals surface area contributed by atoms with Crippen LogP contribution in [0.2, 0.25) is 0 Å². The third kappa shape index (κ3) is 4.35. The van der Waals surface area contributed by atoms with Gasteiger partial charge in [0.1, 0.15) is 11.6 Å². The monoisotopic (exact) mass is 353 g/mol. The van der Waals surface area contributed by atoms with Gasteiger partial charge in [0.05, 0.1) is 6.26 Å². The molecule has 0 bridgehead atoms. The topological polar surface area (TPSA) is 102 Å². The second-order valence-corrected chi connectivity index (χ2v) is 5.63. The van der Waals surface area contributed by atoms with E-state index in [9.17, 15) is 9.59 Å². The van der Waals surface area contributed by atoms with Gasteiger partial charge in [-0.25, -0.2) is 9.97 Å². The summed E-state index contributed by atoms with van der Waals surface area (Å²) < 4.78 is 6.86. The number of furan rings is 1. The minimum Gasteiger partial charge on any atom is -0.459 e. The van der Waals surface area contributed by atoms with E-state index < -0.39 is 0 Å². The minimum atomic E-state index is -0.336. The molecule has 0 atom stereocenters. The lowest BCUT2D eigenvalue weighted by molar-refractivity contribution is -0.121. The van der Waals surface area contributed by atoms with Gasteiger partial charge in [0, 0.05) is 38.1 Å². The molecule has 0 saturated carbocycles. The highest BCUT2D eigenvalue weighted by Crippen LogP contribution is 2.08. The van der Waals surface area contributed by atoms with Crippen molar-refractivity contribution in [2.24, 2.45) is 0 Å². The van der Waals surface area contributed by atoms with Crippen LogP contribution >= 0.6 is 0 Å². The van der Waals surface area contributed by atoms with Gasteiger partial charge in [0.15, 0.2) is 5.76 Å². The average molecular weight is 353 g/mol. The Morgan fingerprint density at radius 3 is 2.73 bits per heavy atom. The molecule has 0 radical (unpaired) electrons. The molecule has 0 aliphatic rings. The Morgan fingerprint density at radius 2 is 2.08 bits per heavy atom. The standard InChI is InChI=1S/C18H19N5O3/c1-13-19-8-9-23(13)16-5-4-14(11-21-16)12-22-17(24)6-7-20-18(25)15-3-2-10-26-15/h2-5,8-11H,6-7,12H2,1H3,(H,20,25)(H,22,24). The average Bonchev–Trinajstić information content (AvgIpc) is 3.32. The van der Waals surface area contributed by atoms with Gasteiger partial charge in [0.2, 0.25) is 5.91 Å². The summed E-state index contributed by atoms with van der Waals surface area (Å²) in [7, 11) is 0. The van der Waals surface area contributed by atoms with E-state index in [0.717, 1.165) is 17.2 Å². The molecule has 8 nitrogen and oxygen atoms in total. The third-order valence-electron chi connectivity index (χ3n) is 3.75. The van der Waals surface area contributed by atoms with Crippen molar-refractivity contribution in [1.82, 2.24) is 25.2 Å². The predicted molar refractivity (Wildman–Crippen MR) is 93.6 cm³/mol. The second kappa shape index (κ2) is 8.11. The van der Waals surface area contributed by atoms with Crippen LogP contribution < -0.4 is 10.6 Å². The molecule has 26 heavy (non-hydrogen) atoms. The van der Waals surface area contributed by atoms with E-state index in [0.29, 0.717) is 6.54 Å². The van der Waals surface area contributed by atoms with E-state index >= 15 is 0 Å². The van der Waals surface area contributed by atoms with Gasteiger partial charge in [-0.1, -0.05) is 6.07 Å². The highest BCUT2D eigenvalue weighted by atomic mass is 16.3. The first-order valence-electron chi connectivity index (χ1n) is 8.17. The smallest absolute Gasteiger partial charge is 0.286 e. The molecule has 2 amide bonds. The van der Waals surface area contributed by atoms with Crippen LogP contribution in [-0.4, -0.2) is 32.9 Å². The fraction of sp³-hybridized carbons (Fsp3) is 0.222. The van der Waals surface area contributed by atoms with Crippen molar-refractivity contribution < 1.29 is 14.0 Å². The summed E-state index contributed by atoms with van der Waals surface area (Å²) in [6, 6.07) is 6.98. The van der Waals surface area contributed by atoms with Crippen LogP contribution in [0.1, 0.15) is 28.4 Å². The van der Waals surface area contributed by atoms with E-state index in [4.69, 9.17) is 4.42 Å². The van der Waals surface area contributed by atoms with Crippen molar-refractivity contribution in [2.45, 2.75) is 19.9 Å². The van der Waals surface area contributed by atoms with Crippen LogP contribution in [0.4, 0.5) is 0 Å². The number of aryl methyl sites for hydroxylation is 1. The summed E-state index contributed by atoms with van der Waals surface area (Å²) in [4.78, 5) is 32.1. The van der Waals surface area contributed by atoms with Crippen LogP contribution in [0.3, 0.4) is 0 Å². The highest BCUT2D eigenvalue weighted by Gasteiger charge is 2.09. The SMILES string of the molecule is Cc1nccn1-c1ccc(CNC(=O)CCNC(=O)c2ccco2)cn1. The molecular formula is C18H19N5O3. The number of nitrogens with zero attached hydrogens (tertiary/aromatic N) is 3. The molecule has 8 heteroatoms. The Balaban J connectivity index is 1.41. The summed E-state index contributed by atoms with van der Waals surface area (Å²) in [6.07, 6.45) is 6.89. The largest absolute Gasteiger partial charge is 0.459 e. The van der Waals surface area contributed by atoms with Gasteiger partial charge in [-0.2, -0.15) is 0 Å². The summed E-state index contributed by atoms with van der Waals surface area (Å²) in [6.45, 7) is 2.52. The first-order valence-corrected chi connectivity index (χ1v) is 8.17.